The van der Waals surface area contributed by atoms with Gasteiger partial charge in [-0.15, -0.1) is 0 Å². The molecule has 2 heteroatoms. The van der Waals surface area contributed by atoms with Crippen LogP contribution in [0, 0.1) is 13.8 Å². The molecule has 0 aliphatic heterocycles. The van der Waals surface area contributed by atoms with Gasteiger partial charge in [0.2, 0.25) is 0 Å². The van der Waals surface area contributed by atoms with E-state index < -0.39 is 6.10 Å². The van der Waals surface area contributed by atoms with Crippen LogP contribution >= 0.6 is 0 Å². The van der Waals surface area contributed by atoms with Gasteiger partial charge in [-0.2, -0.15) is 0 Å². The summed E-state index contributed by atoms with van der Waals surface area (Å²) in [5.74, 6) is 0.838. The van der Waals surface area contributed by atoms with Crippen LogP contribution in [0.15, 0.2) is 42.5 Å². The van der Waals surface area contributed by atoms with Gasteiger partial charge in [0.15, 0.2) is 0 Å². The van der Waals surface area contributed by atoms with E-state index in [9.17, 15) is 5.11 Å². The van der Waals surface area contributed by atoms with E-state index in [-0.39, 0.29) is 0 Å². The maximum atomic E-state index is 10.4. The number of hydrogen-bond acceptors (Lipinski definition) is 2. The maximum absolute atomic E-state index is 10.4. The highest BCUT2D eigenvalue weighted by molar-refractivity contribution is 5.36. The van der Waals surface area contributed by atoms with Crippen molar-refractivity contribution in [1.29, 1.82) is 0 Å². The summed E-state index contributed by atoms with van der Waals surface area (Å²) in [6.07, 6.45) is 0.155. The second-order valence-corrected chi connectivity index (χ2v) is 4.86. The smallest absolute Gasteiger partial charge is 0.118 e. The Kier molecular flexibility index (Phi) is 4.23. The molecule has 0 saturated carbocycles. The molecule has 1 unspecified atom stereocenters. The van der Waals surface area contributed by atoms with E-state index in [1.165, 1.54) is 11.1 Å². The molecule has 2 nitrogen and oxygen atoms in total. The molecule has 0 heterocycles. The summed E-state index contributed by atoms with van der Waals surface area (Å²) in [6.45, 7) is 4.13. The third-order valence-electron chi connectivity index (χ3n) is 3.59. The molecule has 1 atom stereocenters. The fourth-order valence-electron chi connectivity index (χ4n) is 2.23. The first-order valence-electron chi connectivity index (χ1n) is 6.49. The summed E-state index contributed by atoms with van der Waals surface area (Å²) in [5.41, 5.74) is 4.50. The van der Waals surface area contributed by atoms with Crippen LogP contribution in [0.25, 0.3) is 0 Å². The van der Waals surface area contributed by atoms with Crippen molar-refractivity contribution in [2.75, 3.05) is 7.11 Å². The number of methoxy groups -OCH3 is 1. The van der Waals surface area contributed by atoms with Crippen molar-refractivity contribution in [3.8, 4) is 5.75 Å². The van der Waals surface area contributed by atoms with E-state index >= 15 is 0 Å². The van der Waals surface area contributed by atoms with Crippen molar-refractivity contribution >= 4 is 0 Å². The Bertz CT molecular complexity index is 544. The number of rotatable bonds is 4. The van der Waals surface area contributed by atoms with Crippen molar-refractivity contribution in [1.82, 2.24) is 0 Å². The third-order valence-corrected chi connectivity index (χ3v) is 3.59. The molecular weight excluding hydrogens is 236 g/mol. The molecule has 100 valence electrons. The molecule has 19 heavy (non-hydrogen) atoms. The van der Waals surface area contributed by atoms with Gasteiger partial charge in [-0.1, -0.05) is 30.3 Å². The predicted octanol–water partition coefficient (Wildman–Crippen LogP) is 3.59. The second-order valence-electron chi connectivity index (χ2n) is 4.86. The zero-order valence-corrected chi connectivity index (χ0v) is 11.7. The Morgan fingerprint density at radius 2 is 1.74 bits per heavy atom. The predicted molar refractivity (Wildman–Crippen MR) is 77.6 cm³/mol. The van der Waals surface area contributed by atoms with Crippen LogP contribution in [-0.2, 0) is 6.42 Å². The second kappa shape index (κ2) is 5.89. The quantitative estimate of drug-likeness (QED) is 0.906. The van der Waals surface area contributed by atoms with Crippen LogP contribution in [-0.4, -0.2) is 12.2 Å². The molecule has 0 bridgehead atoms. The Hall–Kier alpha value is -1.80. The molecule has 2 rings (SSSR count). The summed E-state index contributed by atoms with van der Waals surface area (Å²) in [6, 6.07) is 13.9. The lowest BCUT2D eigenvalue weighted by Gasteiger charge is -2.15. The van der Waals surface area contributed by atoms with Gasteiger partial charge in [-0.3, -0.25) is 0 Å². The fourth-order valence-corrected chi connectivity index (χ4v) is 2.23. The Morgan fingerprint density at radius 3 is 2.37 bits per heavy atom. The molecule has 2 aromatic rings. The molecule has 1 N–H and O–H groups in total. The molecule has 0 aliphatic rings. The van der Waals surface area contributed by atoms with Gasteiger partial charge in [0.1, 0.15) is 5.75 Å². The largest absolute Gasteiger partial charge is 0.497 e. The highest BCUT2D eigenvalue weighted by Crippen LogP contribution is 2.24. The zero-order valence-electron chi connectivity index (χ0n) is 11.7. The first kappa shape index (κ1) is 13.6. The Balaban J connectivity index is 2.15. The van der Waals surface area contributed by atoms with Gasteiger partial charge in [-0.25, -0.2) is 0 Å². The first-order valence-corrected chi connectivity index (χ1v) is 6.49. The van der Waals surface area contributed by atoms with Crippen molar-refractivity contribution in [2.24, 2.45) is 0 Å². The van der Waals surface area contributed by atoms with Crippen LogP contribution < -0.4 is 4.74 Å². The van der Waals surface area contributed by atoms with Gasteiger partial charge < -0.3 is 9.84 Å². The summed E-state index contributed by atoms with van der Waals surface area (Å²) in [5, 5.41) is 10.4. The van der Waals surface area contributed by atoms with E-state index in [4.69, 9.17) is 4.74 Å². The molecular formula is C17H20O2. The lowest BCUT2D eigenvalue weighted by atomic mass is 9.95. The Labute approximate surface area is 114 Å². The number of aliphatic hydroxyl groups is 1. The monoisotopic (exact) mass is 256 g/mol. The zero-order chi connectivity index (χ0) is 13.8. The number of aliphatic hydroxyl groups excluding tert-OH is 1. The molecule has 0 radical (unpaired) electrons. The summed E-state index contributed by atoms with van der Waals surface area (Å²) >= 11 is 0. The standard InChI is InChI=1S/C17H20O2/c1-12-5-4-6-16(13(12)2)17(18)11-14-7-9-15(19-3)10-8-14/h4-10,17-18H,11H2,1-3H3. The first-order chi connectivity index (χ1) is 9.11. The average Bonchev–Trinajstić information content (AvgIpc) is 2.42. The molecule has 0 saturated heterocycles. The minimum absolute atomic E-state index is 0.465. The maximum Gasteiger partial charge on any atom is 0.118 e. The van der Waals surface area contributed by atoms with Gasteiger partial charge in [0.25, 0.3) is 0 Å². The van der Waals surface area contributed by atoms with Crippen molar-refractivity contribution in [3.05, 3.63) is 64.7 Å². The van der Waals surface area contributed by atoms with Crippen LogP contribution in [0.3, 0.4) is 0 Å². The molecule has 0 spiro atoms. The van der Waals surface area contributed by atoms with Crippen molar-refractivity contribution in [2.45, 2.75) is 26.4 Å². The van der Waals surface area contributed by atoms with E-state index in [0.717, 1.165) is 16.9 Å². The SMILES string of the molecule is COc1ccc(CC(O)c2cccc(C)c2C)cc1. The van der Waals surface area contributed by atoms with E-state index in [2.05, 4.69) is 19.9 Å². The normalized spacial score (nSPS) is 12.2. The summed E-state index contributed by atoms with van der Waals surface area (Å²) < 4.78 is 5.13. The molecule has 0 amide bonds. The van der Waals surface area contributed by atoms with Crippen molar-refractivity contribution < 1.29 is 9.84 Å². The molecule has 0 fully saturated rings. The summed E-state index contributed by atoms with van der Waals surface area (Å²) in [7, 11) is 1.65. The topological polar surface area (TPSA) is 29.5 Å². The minimum Gasteiger partial charge on any atom is -0.497 e. The molecule has 0 aliphatic carbocycles. The van der Waals surface area contributed by atoms with E-state index in [1.54, 1.807) is 7.11 Å². The van der Waals surface area contributed by atoms with E-state index in [0.29, 0.717) is 6.42 Å². The molecule has 2 aromatic carbocycles. The third kappa shape index (κ3) is 3.15. The number of aryl methyl sites for hydroxylation is 1. The Morgan fingerprint density at radius 1 is 1.05 bits per heavy atom. The fraction of sp³-hybridized carbons (Fsp3) is 0.294. The van der Waals surface area contributed by atoms with Crippen molar-refractivity contribution in [3.63, 3.8) is 0 Å². The van der Waals surface area contributed by atoms with Gasteiger partial charge in [-0.05, 0) is 48.2 Å². The van der Waals surface area contributed by atoms with E-state index in [1.807, 2.05) is 36.4 Å². The van der Waals surface area contributed by atoms with Crippen LogP contribution in [0.4, 0.5) is 0 Å². The summed E-state index contributed by atoms with van der Waals surface area (Å²) in [4.78, 5) is 0. The highest BCUT2D eigenvalue weighted by Gasteiger charge is 2.12. The van der Waals surface area contributed by atoms with Crippen LogP contribution in [0.5, 0.6) is 5.75 Å². The number of benzene rings is 2. The van der Waals surface area contributed by atoms with Gasteiger partial charge in [0, 0.05) is 6.42 Å². The lowest BCUT2D eigenvalue weighted by Crippen LogP contribution is -2.04. The van der Waals surface area contributed by atoms with Gasteiger partial charge >= 0.3 is 0 Å². The van der Waals surface area contributed by atoms with Gasteiger partial charge in [0.05, 0.1) is 13.2 Å². The molecule has 0 aromatic heterocycles. The lowest BCUT2D eigenvalue weighted by molar-refractivity contribution is 0.177. The van der Waals surface area contributed by atoms with Crippen LogP contribution in [0.1, 0.15) is 28.4 Å². The highest BCUT2D eigenvalue weighted by atomic mass is 16.5. The number of ether oxygens (including phenoxy) is 1. The minimum atomic E-state index is -0.465. The average molecular weight is 256 g/mol. The van der Waals surface area contributed by atoms with Crippen LogP contribution in [0.2, 0.25) is 0 Å². The number of hydrogen-bond donors (Lipinski definition) is 1.